The van der Waals surface area contributed by atoms with Gasteiger partial charge in [0.05, 0.1) is 0 Å². The number of nitrogens with zero attached hydrogens (tertiary/aromatic N) is 4. The first-order valence-electron chi connectivity index (χ1n) is 7.26. The summed E-state index contributed by atoms with van der Waals surface area (Å²) in [6.07, 6.45) is 6.05. The van der Waals surface area contributed by atoms with Crippen LogP contribution in [0.4, 0.5) is 17.8 Å². The molecular weight excluding hydrogens is 240 g/mol. The Balaban J connectivity index is 2.02. The van der Waals surface area contributed by atoms with Crippen molar-refractivity contribution in [3.8, 4) is 0 Å². The lowest BCUT2D eigenvalue weighted by Crippen LogP contribution is -2.22. The quantitative estimate of drug-likeness (QED) is 0.735. The Morgan fingerprint density at radius 3 is 2.47 bits per heavy atom. The molecule has 0 aliphatic carbocycles. The van der Waals surface area contributed by atoms with Crippen molar-refractivity contribution in [1.29, 1.82) is 0 Å². The van der Waals surface area contributed by atoms with Gasteiger partial charge in [0.25, 0.3) is 0 Å². The molecule has 19 heavy (non-hydrogen) atoms. The maximum Gasteiger partial charge on any atom is 0.231 e. The van der Waals surface area contributed by atoms with Gasteiger partial charge in [-0.25, -0.2) is 0 Å². The first-order chi connectivity index (χ1) is 9.33. The second kappa shape index (κ2) is 7.11. The number of aromatic nitrogens is 3. The van der Waals surface area contributed by atoms with Crippen LogP contribution in [0.5, 0.6) is 0 Å². The SMILES string of the molecule is CCCCCNc1nc(NC)nc(N2CCCC2)n1. The van der Waals surface area contributed by atoms with Crippen molar-refractivity contribution in [2.45, 2.75) is 39.0 Å². The van der Waals surface area contributed by atoms with E-state index in [1.165, 1.54) is 25.7 Å². The van der Waals surface area contributed by atoms with E-state index in [1.807, 2.05) is 7.05 Å². The van der Waals surface area contributed by atoms with Crippen molar-refractivity contribution in [3.63, 3.8) is 0 Å². The van der Waals surface area contributed by atoms with E-state index in [4.69, 9.17) is 0 Å². The fraction of sp³-hybridized carbons (Fsp3) is 0.769. The monoisotopic (exact) mass is 264 g/mol. The zero-order valence-electron chi connectivity index (χ0n) is 11.9. The summed E-state index contributed by atoms with van der Waals surface area (Å²) in [4.78, 5) is 15.5. The molecule has 2 rings (SSSR count). The molecular formula is C13H24N6. The number of hydrogen-bond donors (Lipinski definition) is 2. The van der Waals surface area contributed by atoms with Gasteiger partial charge in [-0.2, -0.15) is 15.0 Å². The zero-order chi connectivity index (χ0) is 13.5. The largest absolute Gasteiger partial charge is 0.357 e. The molecule has 0 bridgehead atoms. The smallest absolute Gasteiger partial charge is 0.231 e. The summed E-state index contributed by atoms with van der Waals surface area (Å²) in [6.45, 7) is 5.21. The van der Waals surface area contributed by atoms with Crippen LogP contribution in [0.2, 0.25) is 0 Å². The third-order valence-electron chi connectivity index (χ3n) is 3.30. The molecule has 6 nitrogen and oxygen atoms in total. The van der Waals surface area contributed by atoms with E-state index in [2.05, 4.69) is 37.4 Å². The van der Waals surface area contributed by atoms with Gasteiger partial charge in [-0.15, -0.1) is 0 Å². The van der Waals surface area contributed by atoms with E-state index in [0.29, 0.717) is 11.9 Å². The molecule has 2 N–H and O–H groups in total. The van der Waals surface area contributed by atoms with Gasteiger partial charge in [-0.1, -0.05) is 19.8 Å². The van der Waals surface area contributed by atoms with Crippen LogP contribution in [0.3, 0.4) is 0 Å². The van der Waals surface area contributed by atoms with Crippen molar-refractivity contribution in [2.24, 2.45) is 0 Å². The van der Waals surface area contributed by atoms with Gasteiger partial charge in [0.2, 0.25) is 17.8 Å². The maximum atomic E-state index is 4.51. The second-order valence-electron chi connectivity index (χ2n) is 4.86. The van der Waals surface area contributed by atoms with Crippen molar-refractivity contribution >= 4 is 17.8 Å². The molecule has 2 heterocycles. The molecule has 0 unspecified atom stereocenters. The molecule has 1 aromatic heterocycles. The topological polar surface area (TPSA) is 66.0 Å². The van der Waals surface area contributed by atoms with Gasteiger partial charge >= 0.3 is 0 Å². The molecule has 0 radical (unpaired) electrons. The van der Waals surface area contributed by atoms with Crippen LogP contribution < -0.4 is 15.5 Å². The van der Waals surface area contributed by atoms with Crippen molar-refractivity contribution < 1.29 is 0 Å². The normalized spacial score (nSPS) is 14.7. The Hall–Kier alpha value is -1.59. The second-order valence-corrected chi connectivity index (χ2v) is 4.86. The molecule has 0 aromatic carbocycles. The summed E-state index contributed by atoms with van der Waals surface area (Å²) >= 11 is 0. The van der Waals surface area contributed by atoms with Crippen LogP contribution in [-0.2, 0) is 0 Å². The Morgan fingerprint density at radius 2 is 1.79 bits per heavy atom. The lowest BCUT2D eigenvalue weighted by Gasteiger charge is -2.16. The molecule has 106 valence electrons. The fourth-order valence-corrected chi connectivity index (χ4v) is 2.19. The number of anilines is 3. The molecule has 1 fully saturated rings. The summed E-state index contributed by atoms with van der Waals surface area (Å²) in [5, 5.41) is 6.29. The van der Waals surface area contributed by atoms with Gasteiger partial charge in [0, 0.05) is 26.7 Å². The van der Waals surface area contributed by atoms with Crippen molar-refractivity contribution in [3.05, 3.63) is 0 Å². The van der Waals surface area contributed by atoms with E-state index in [0.717, 1.165) is 32.0 Å². The molecule has 1 saturated heterocycles. The first-order valence-corrected chi connectivity index (χ1v) is 7.26. The third-order valence-corrected chi connectivity index (χ3v) is 3.30. The highest BCUT2D eigenvalue weighted by atomic mass is 15.3. The lowest BCUT2D eigenvalue weighted by molar-refractivity contribution is 0.739. The van der Waals surface area contributed by atoms with Gasteiger partial charge in [-0.3, -0.25) is 0 Å². The molecule has 6 heteroatoms. The van der Waals surface area contributed by atoms with E-state index < -0.39 is 0 Å². The summed E-state index contributed by atoms with van der Waals surface area (Å²) in [5.74, 6) is 2.10. The van der Waals surface area contributed by atoms with Crippen LogP contribution in [0.15, 0.2) is 0 Å². The minimum atomic E-state index is 0.634. The Morgan fingerprint density at radius 1 is 1.05 bits per heavy atom. The Kier molecular flexibility index (Phi) is 5.18. The summed E-state index contributed by atoms with van der Waals surface area (Å²) in [6, 6.07) is 0. The molecule has 0 spiro atoms. The summed E-state index contributed by atoms with van der Waals surface area (Å²) in [5.41, 5.74) is 0. The van der Waals surface area contributed by atoms with Crippen molar-refractivity contribution in [2.75, 3.05) is 42.2 Å². The van der Waals surface area contributed by atoms with Gasteiger partial charge in [0.15, 0.2) is 0 Å². The highest BCUT2D eigenvalue weighted by Gasteiger charge is 2.16. The van der Waals surface area contributed by atoms with Crippen molar-refractivity contribution in [1.82, 2.24) is 15.0 Å². The van der Waals surface area contributed by atoms with E-state index in [9.17, 15) is 0 Å². The number of hydrogen-bond acceptors (Lipinski definition) is 6. The number of unbranched alkanes of at least 4 members (excludes halogenated alkanes) is 2. The highest BCUT2D eigenvalue weighted by Crippen LogP contribution is 2.18. The lowest BCUT2D eigenvalue weighted by atomic mass is 10.2. The van der Waals surface area contributed by atoms with Crippen LogP contribution in [0.25, 0.3) is 0 Å². The van der Waals surface area contributed by atoms with Crippen LogP contribution in [0, 0.1) is 0 Å². The highest BCUT2D eigenvalue weighted by molar-refractivity contribution is 5.43. The molecule has 0 saturated carbocycles. The van der Waals surface area contributed by atoms with Crippen LogP contribution >= 0.6 is 0 Å². The molecule has 0 atom stereocenters. The van der Waals surface area contributed by atoms with E-state index in [1.54, 1.807) is 0 Å². The Labute approximate surface area is 115 Å². The molecule has 1 aliphatic rings. The predicted molar refractivity (Wildman–Crippen MR) is 78.8 cm³/mol. The maximum absolute atomic E-state index is 4.51. The van der Waals surface area contributed by atoms with Crippen LogP contribution in [-0.4, -0.2) is 41.6 Å². The number of rotatable bonds is 7. The average molecular weight is 264 g/mol. The first kappa shape index (κ1) is 13.8. The van der Waals surface area contributed by atoms with Gasteiger partial charge in [-0.05, 0) is 19.3 Å². The summed E-state index contributed by atoms with van der Waals surface area (Å²) < 4.78 is 0. The molecule has 0 amide bonds. The average Bonchev–Trinajstić information content (AvgIpc) is 2.97. The minimum absolute atomic E-state index is 0.634. The third kappa shape index (κ3) is 3.94. The zero-order valence-corrected chi connectivity index (χ0v) is 11.9. The summed E-state index contributed by atoms with van der Waals surface area (Å²) in [7, 11) is 1.84. The Bertz CT molecular complexity index is 389. The number of nitrogens with one attached hydrogen (secondary N) is 2. The molecule has 1 aromatic rings. The van der Waals surface area contributed by atoms with E-state index >= 15 is 0 Å². The van der Waals surface area contributed by atoms with Gasteiger partial charge < -0.3 is 15.5 Å². The van der Waals surface area contributed by atoms with Crippen LogP contribution in [0.1, 0.15) is 39.0 Å². The van der Waals surface area contributed by atoms with Gasteiger partial charge in [0.1, 0.15) is 0 Å². The fourth-order valence-electron chi connectivity index (χ4n) is 2.19. The minimum Gasteiger partial charge on any atom is -0.357 e. The van der Waals surface area contributed by atoms with E-state index in [-0.39, 0.29) is 0 Å². The predicted octanol–water partition coefficient (Wildman–Crippen LogP) is 2.12. The molecule has 1 aliphatic heterocycles. The standard InChI is InChI=1S/C13H24N6/c1-3-4-5-8-15-12-16-11(14-2)17-13(18-12)19-9-6-7-10-19/h3-10H2,1-2H3,(H2,14,15,16,17,18).